The molecule has 6 nitrogen and oxygen atoms in total. The molecule has 2 rings (SSSR count). The van der Waals surface area contributed by atoms with E-state index >= 15 is 0 Å². The summed E-state index contributed by atoms with van der Waals surface area (Å²) in [6, 6.07) is 15.7. The van der Waals surface area contributed by atoms with Gasteiger partial charge >= 0.3 is 12.1 Å². The van der Waals surface area contributed by atoms with Gasteiger partial charge in [0.2, 0.25) is 0 Å². The van der Waals surface area contributed by atoms with Crippen molar-refractivity contribution in [2.24, 2.45) is 0 Å². The zero-order chi connectivity index (χ0) is 16.7. The average Bonchev–Trinajstić information content (AvgIpc) is 2.58. The van der Waals surface area contributed by atoms with Crippen LogP contribution in [0.4, 0.5) is 10.5 Å². The third-order valence-electron chi connectivity index (χ3n) is 3.08. The van der Waals surface area contributed by atoms with Crippen molar-refractivity contribution in [3.8, 4) is 5.75 Å². The summed E-state index contributed by atoms with van der Waals surface area (Å²) in [5.74, 6) is -0.613. The zero-order valence-corrected chi connectivity index (χ0v) is 12.6. The van der Waals surface area contributed by atoms with Crippen molar-refractivity contribution in [3.63, 3.8) is 0 Å². The summed E-state index contributed by atoms with van der Waals surface area (Å²) in [6.45, 7) is -0.430. The predicted molar refractivity (Wildman–Crippen MR) is 84.6 cm³/mol. The zero-order valence-electron chi connectivity index (χ0n) is 12.6. The van der Waals surface area contributed by atoms with Gasteiger partial charge in [0.05, 0.1) is 12.8 Å². The van der Waals surface area contributed by atoms with Gasteiger partial charge in [0.1, 0.15) is 18.9 Å². The lowest BCUT2D eigenvalue weighted by Gasteiger charge is -2.20. The molecule has 0 aliphatic rings. The smallest absolute Gasteiger partial charge is 0.415 e. The van der Waals surface area contributed by atoms with Gasteiger partial charge in [-0.25, -0.2) is 4.79 Å². The van der Waals surface area contributed by atoms with Crippen LogP contribution in [0.3, 0.4) is 0 Å². The molecule has 120 valence electrons. The molecule has 0 aliphatic heterocycles. The maximum Gasteiger partial charge on any atom is 0.415 e. The van der Waals surface area contributed by atoms with Gasteiger partial charge in [0.25, 0.3) is 0 Å². The Kier molecular flexibility index (Phi) is 5.57. The molecule has 0 aromatic heterocycles. The first-order chi connectivity index (χ1) is 11.1. The van der Waals surface area contributed by atoms with Crippen LogP contribution in [0.1, 0.15) is 5.56 Å². The number of hydrogen-bond donors (Lipinski definition) is 1. The van der Waals surface area contributed by atoms with Gasteiger partial charge in [-0.3, -0.25) is 9.69 Å². The number of carboxylic acids is 1. The van der Waals surface area contributed by atoms with E-state index in [1.54, 1.807) is 24.3 Å². The minimum atomic E-state index is -1.13. The summed E-state index contributed by atoms with van der Waals surface area (Å²) in [5, 5.41) is 9.03. The highest BCUT2D eigenvalue weighted by molar-refractivity contribution is 5.93. The number of nitrogens with zero attached hydrogens (tertiary/aromatic N) is 1. The maximum absolute atomic E-state index is 12.3. The molecule has 2 aromatic rings. The molecule has 0 radical (unpaired) electrons. The summed E-state index contributed by atoms with van der Waals surface area (Å²) in [5.41, 5.74) is 1.21. The predicted octanol–water partition coefficient (Wildman–Crippen LogP) is 2.92. The van der Waals surface area contributed by atoms with E-state index in [2.05, 4.69) is 0 Å². The van der Waals surface area contributed by atoms with Crippen LogP contribution in [0.15, 0.2) is 54.6 Å². The van der Waals surface area contributed by atoms with Crippen LogP contribution in [0.2, 0.25) is 0 Å². The van der Waals surface area contributed by atoms with Crippen LogP contribution in [-0.2, 0) is 16.1 Å². The first-order valence-electron chi connectivity index (χ1n) is 6.94. The number of methoxy groups -OCH3 is 1. The van der Waals surface area contributed by atoms with Crippen LogP contribution in [0.25, 0.3) is 0 Å². The monoisotopic (exact) mass is 315 g/mol. The molecule has 0 atom stereocenters. The molecule has 1 N–H and O–H groups in total. The second-order valence-corrected chi connectivity index (χ2v) is 4.72. The number of hydrogen-bond acceptors (Lipinski definition) is 4. The van der Waals surface area contributed by atoms with Crippen molar-refractivity contribution >= 4 is 17.7 Å². The molecule has 1 amide bonds. The molecule has 0 fully saturated rings. The lowest BCUT2D eigenvalue weighted by molar-refractivity contribution is -0.135. The molecule has 0 aliphatic carbocycles. The Balaban J connectivity index is 2.13. The Bertz CT molecular complexity index is 672. The summed E-state index contributed by atoms with van der Waals surface area (Å²) < 4.78 is 10.3. The van der Waals surface area contributed by atoms with Crippen LogP contribution in [-0.4, -0.2) is 30.8 Å². The van der Waals surface area contributed by atoms with Crippen LogP contribution in [0.5, 0.6) is 5.75 Å². The number of rotatable bonds is 6. The number of carbonyl (C=O) groups excluding carboxylic acids is 1. The van der Waals surface area contributed by atoms with Gasteiger partial charge in [-0.1, -0.05) is 36.4 Å². The van der Waals surface area contributed by atoms with E-state index in [-0.39, 0.29) is 6.61 Å². The molecule has 6 heteroatoms. The minimum absolute atomic E-state index is 0.0692. The fourth-order valence-electron chi connectivity index (χ4n) is 1.97. The molecule has 0 spiro atoms. The summed E-state index contributed by atoms with van der Waals surface area (Å²) in [7, 11) is 1.49. The largest absolute Gasteiger partial charge is 0.497 e. The topological polar surface area (TPSA) is 76.1 Å². The average molecular weight is 315 g/mol. The summed E-state index contributed by atoms with van der Waals surface area (Å²) in [4.78, 5) is 24.3. The summed E-state index contributed by atoms with van der Waals surface area (Å²) >= 11 is 0. The number of carbonyl (C=O) groups is 2. The van der Waals surface area contributed by atoms with Gasteiger partial charge < -0.3 is 14.6 Å². The van der Waals surface area contributed by atoms with Gasteiger partial charge in [0.15, 0.2) is 0 Å². The number of aliphatic carboxylic acids is 1. The summed E-state index contributed by atoms with van der Waals surface area (Å²) in [6.07, 6.45) is -0.732. The highest BCUT2D eigenvalue weighted by Crippen LogP contribution is 2.21. The fraction of sp³-hybridized carbons (Fsp3) is 0.176. The molecule has 0 bridgehead atoms. The van der Waals surface area contributed by atoms with E-state index in [9.17, 15) is 9.59 Å². The van der Waals surface area contributed by atoms with E-state index in [0.29, 0.717) is 11.4 Å². The Morgan fingerprint density at radius 1 is 1.09 bits per heavy atom. The van der Waals surface area contributed by atoms with Gasteiger partial charge in [0, 0.05) is 6.07 Å². The lowest BCUT2D eigenvalue weighted by atomic mass is 10.2. The molecule has 23 heavy (non-hydrogen) atoms. The number of carboxylic acid groups (broad SMARTS) is 1. The number of amides is 1. The standard InChI is InChI=1S/C17H17NO5/c1-22-15-9-5-8-14(10-15)18(11-16(19)20)17(21)23-12-13-6-3-2-4-7-13/h2-10H,11-12H2,1H3,(H,19,20). The fourth-order valence-corrected chi connectivity index (χ4v) is 1.97. The highest BCUT2D eigenvalue weighted by Gasteiger charge is 2.20. The van der Waals surface area contributed by atoms with Crippen molar-refractivity contribution < 1.29 is 24.2 Å². The molecule has 2 aromatic carbocycles. The quantitative estimate of drug-likeness (QED) is 0.887. The molecular formula is C17H17NO5. The molecule has 0 saturated heterocycles. The van der Waals surface area contributed by atoms with Crippen molar-refractivity contribution in [2.75, 3.05) is 18.6 Å². The Morgan fingerprint density at radius 2 is 1.83 bits per heavy atom. The van der Waals surface area contributed by atoms with E-state index < -0.39 is 18.6 Å². The third kappa shape index (κ3) is 4.74. The molecule has 0 saturated carbocycles. The third-order valence-corrected chi connectivity index (χ3v) is 3.08. The number of ether oxygens (including phenoxy) is 2. The Hall–Kier alpha value is -3.02. The molecule has 0 heterocycles. The van der Waals surface area contributed by atoms with Crippen molar-refractivity contribution in [1.82, 2.24) is 0 Å². The molecule has 0 unspecified atom stereocenters. The van der Waals surface area contributed by atoms with Gasteiger partial charge in [-0.2, -0.15) is 0 Å². The SMILES string of the molecule is COc1cccc(N(CC(=O)O)C(=O)OCc2ccccc2)c1. The second-order valence-electron chi connectivity index (χ2n) is 4.72. The van der Waals surface area contributed by atoms with Crippen LogP contribution < -0.4 is 9.64 Å². The van der Waals surface area contributed by atoms with E-state index in [1.165, 1.54) is 7.11 Å². The Morgan fingerprint density at radius 3 is 2.48 bits per heavy atom. The van der Waals surface area contributed by atoms with Gasteiger partial charge in [-0.15, -0.1) is 0 Å². The normalized spacial score (nSPS) is 9.96. The minimum Gasteiger partial charge on any atom is -0.497 e. The van der Waals surface area contributed by atoms with Gasteiger partial charge in [-0.05, 0) is 17.7 Å². The number of benzene rings is 2. The Labute approximate surface area is 133 Å². The van der Waals surface area contributed by atoms with Crippen molar-refractivity contribution in [1.29, 1.82) is 0 Å². The highest BCUT2D eigenvalue weighted by atomic mass is 16.6. The van der Waals surface area contributed by atoms with E-state index in [0.717, 1.165) is 10.5 Å². The maximum atomic E-state index is 12.3. The van der Waals surface area contributed by atoms with Crippen LogP contribution in [0, 0.1) is 0 Å². The van der Waals surface area contributed by atoms with Crippen molar-refractivity contribution in [3.05, 3.63) is 60.2 Å². The van der Waals surface area contributed by atoms with E-state index in [1.807, 2.05) is 30.3 Å². The van der Waals surface area contributed by atoms with E-state index in [4.69, 9.17) is 14.6 Å². The van der Waals surface area contributed by atoms with Crippen LogP contribution >= 0.6 is 0 Å². The lowest BCUT2D eigenvalue weighted by Crippen LogP contribution is -2.36. The second kappa shape index (κ2) is 7.84. The first kappa shape index (κ1) is 16.4. The first-order valence-corrected chi connectivity index (χ1v) is 6.94. The number of anilines is 1. The molecular weight excluding hydrogens is 298 g/mol. The van der Waals surface area contributed by atoms with Crippen molar-refractivity contribution in [2.45, 2.75) is 6.61 Å².